The van der Waals surface area contributed by atoms with Gasteiger partial charge in [-0.3, -0.25) is 0 Å². The number of aliphatic hydroxyl groups is 2. The van der Waals surface area contributed by atoms with Crippen molar-refractivity contribution in [3.05, 3.63) is 35.4 Å². The van der Waals surface area contributed by atoms with Crippen molar-refractivity contribution in [3.8, 4) is 0 Å². The van der Waals surface area contributed by atoms with E-state index in [-0.39, 0.29) is 6.61 Å². The number of nitrogens with zero attached hydrogens (tertiary/aromatic N) is 1. The molecule has 2 rings (SSSR count). The zero-order chi connectivity index (χ0) is 12.3. The number of benzene rings is 1. The molecule has 0 aliphatic carbocycles. The molecule has 1 fully saturated rings. The quantitative estimate of drug-likeness (QED) is 0.834. The molecule has 0 amide bonds. The standard InChI is InChI=1S/C14H21NO2/c1-2-15-9-7-14(17,8-10-15)13-6-4-3-5-12(13)11-16/h3-6,16-17H,2,7-11H2,1H3. The second kappa shape index (κ2) is 5.17. The lowest BCUT2D eigenvalue weighted by molar-refractivity contribution is -0.0260. The van der Waals surface area contributed by atoms with Gasteiger partial charge in [0.2, 0.25) is 0 Å². The number of piperidine rings is 1. The van der Waals surface area contributed by atoms with Crippen LogP contribution in [0.1, 0.15) is 30.9 Å². The lowest BCUT2D eigenvalue weighted by Gasteiger charge is -2.39. The van der Waals surface area contributed by atoms with Crippen molar-refractivity contribution in [3.63, 3.8) is 0 Å². The molecule has 1 aromatic rings. The van der Waals surface area contributed by atoms with Gasteiger partial charge in [0, 0.05) is 13.1 Å². The number of aliphatic hydroxyl groups excluding tert-OH is 1. The molecule has 1 aromatic carbocycles. The molecule has 0 bridgehead atoms. The minimum absolute atomic E-state index is 0.00399. The van der Waals surface area contributed by atoms with Crippen LogP contribution in [0.2, 0.25) is 0 Å². The number of hydrogen-bond donors (Lipinski definition) is 2. The van der Waals surface area contributed by atoms with Gasteiger partial charge in [0.25, 0.3) is 0 Å². The first-order chi connectivity index (χ1) is 8.19. The molecule has 3 nitrogen and oxygen atoms in total. The highest BCUT2D eigenvalue weighted by atomic mass is 16.3. The second-order valence-corrected chi connectivity index (χ2v) is 4.78. The fourth-order valence-electron chi connectivity index (χ4n) is 2.62. The van der Waals surface area contributed by atoms with E-state index in [0.29, 0.717) is 0 Å². The van der Waals surface area contributed by atoms with E-state index in [4.69, 9.17) is 0 Å². The van der Waals surface area contributed by atoms with Gasteiger partial charge >= 0.3 is 0 Å². The molecule has 17 heavy (non-hydrogen) atoms. The second-order valence-electron chi connectivity index (χ2n) is 4.78. The Morgan fingerprint density at radius 1 is 1.24 bits per heavy atom. The van der Waals surface area contributed by atoms with E-state index in [1.807, 2.05) is 24.3 Å². The third kappa shape index (κ3) is 2.51. The molecule has 0 spiro atoms. The van der Waals surface area contributed by atoms with E-state index >= 15 is 0 Å². The Hall–Kier alpha value is -0.900. The number of rotatable bonds is 3. The predicted molar refractivity (Wildman–Crippen MR) is 67.6 cm³/mol. The smallest absolute Gasteiger partial charge is 0.0924 e. The Kier molecular flexibility index (Phi) is 3.82. The SMILES string of the molecule is CCN1CCC(O)(c2ccccc2CO)CC1. The van der Waals surface area contributed by atoms with Crippen LogP contribution in [-0.2, 0) is 12.2 Å². The zero-order valence-electron chi connectivity index (χ0n) is 10.4. The summed E-state index contributed by atoms with van der Waals surface area (Å²) in [7, 11) is 0. The van der Waals surface area contributed by atoms with Gasteiger partial charge in [-0.25, -0.2) is 0 Å². The summed E-state index contributed by atoms with van der Waals surface area (Å²) in [5.74, 6) is 0. The summed E-state index contributed by atoms with van der Waals surface area (Å²) in [5.41, 5.74) is 0.989. The summed E-state index contributed by atoms with van der Waals surface area (Å²) in [4.78, 5) is 2.34. The van der Waals surface area contributed by atoms with Crippen molar-refractivity contribution in [2.24, 2.45) is 0 Å². The van der Waals surface area contributed by atoms with Crippen molar-refractivity contribution in [2.75, 3.05) is 19.6 Å². The zero-order valence-corrected chi connectivity index (χ0v) is 10.4. The topological polar surface area (TPSA) is 43.7 Å². The fraction of sp³-hybridized carbons (Fsp3) is 0.571. The Morgan fingerprint density at radius 3 is 2.47 bits per heavy atom. The van der Waals surface area contributed by atoms with Gasteiger partial charge < -0.3 is 15.1 Å². The van der Waals surface area contributed by atoms with Crippen LogP contribution in [0.5, 0.6) is 0 Å². The summed E-state index contributed by atoms with van der Waals surface area (Å²) >= 11 is 0. The Morgan fingerprint density at radius 2 is 1.88 bits per heavy atom. The maximum absolute atomic E-state index is 10.7. The molecule has 0 radical (unpaired) electrons. The molecule has 1 heterocycles. The van der Waals surface area contributed by atoms with Crippen LogP contribution in [-0.4, -0.2) is 34.7 Å². The van der Waals surface area contributed by atoms with Crippen LogP contribution >= 0.6 is 0 Å². The van der Waals surface area contributed by atoms with Gasteiger partial charge in [0.1, 0.15) is 0 Å². The molecule has 0 atom stereocenters. The van der Waals surface area contributed by atoms with Gasteiger partial charge in [-0.05, 0) is 30.5 Å². The average Bonchev–Trinajstić information content (AvgIpc) is 2.39. The van der Waals surface area contributed by atoms with Crippen LogP contribution in [0.3, 0.4) is 0 Å². The molecular formula is C14H21NO2. The highest BCUT2D eigenvalue weighted by molar-refractivity contribution is 5.32. The summed E-state index contributed by atoms with van der Waals surface area (Å²) in [5, 5.41) is 20.1. The van der Waals surface area contributed by atoms with Crippen LogP contribution in [0.25, 0.3) is 0 Å². The number of likely N-dealkylation sites (tertiary alicyclic amines) is 1. The predicted octanol–water partition coefficient (Wildman–Crippen LogP) is 1.48. The average molecular weight is 235 g/mol. The van der Waals surface area contributed by atoms with Crippen molar-refractivity contribution < 1.29 is 10.2 Å². The third-order valence-electron chi connectivity index (χ3n) is 3.82. The first-order valence-corrected chi connectivity index (χ1v) is 6.33. The summed E-state index contributed by atoms with van der Waals surface area (Å²) < 4.78 is 0. The highest BCUT2D eigenvalue weighted by Gasteiger charge is 2.34. The number of hydrogen-bond acceptors (Lipinski definition) is 3. The maximum Gasteiger partial charge on any atom is 0.0924 e. The molecular weight excluding hydrogens is 214 g/mol. The monoisotopic (exact) mass is 235 g/mol. The first-order valence-electron chi connectivity index (χ1n) is 6.33. The molecule has 1 aliphatic rings. The molecule has 1 saturated heterocycles. The molecule has 3 heteroatoms. The molecule has 0 unspecified atom stereocenters. The van der Waals surface area contributed by atoms with Gasteiger partial charge in [-0.15, -0.1) is 0 Å². The minimum atomic E-state index is -0.759. The highest BCUT2D eigenvalue weighted by Crippen LogP contribution is 2.34. The molecule has 0 saturated carbocycles. The fourth-order valence-corrected chi connectivity index (χ4v) is 2.62. The van der Waals surface area contributed by atoms with Crippen molar-refractivity contribution in [2.45, 2.75) is 32.0 Å². The largest absolute Gasteiger partial charge is 0.392 e. The van der Waals surface area contributed by atoms with Gasteiger partial charge in [-0.2, -0.15) is 0 Å². The van der Waals surface area contributed by atoms with Crippen LogP contribution in [0, 0.1) is 0 Å². The van der Waals surface area contributed by atoms with Crippen molar-refractivity contribution in [1.29, 1.82) is 0 Å². The lowest BCUT2D eigenvalue weighted by Crippen LogP contribution is -2.42. The minimum Gasteiger partial charge on any atom is -0.392 e. The maximum atomic E-state index is 10.7. The van der Waals surface area contributed by atoms with E-state index < -0.39 is 5.60 Å². The van der Waals surface area contributed by atoms with Crippen molar-refractivity contribution in [1.82, 2.24) is 4.90 Å². The lowest BCUT2D eigenvalue weighted by atomic mass is 9.82. The van der Waals surface area contributed by atoms with Crippen molar-refractivity contribution >= 4 is 0 Å². The Labute approximate surface area is 103 Å². The molecule has 1 aliphatic heterocycles. The van der Waals surface area contributed by atoms with E-state index in [0.717, 1.165) is 43.6 Å². The Bertz CT molecular complexity index is 370. The third-order valence-corrected chi connectivity index (χ3v) is 3.82. The van der Waals surface area contributed by atoms with Gasteiger partial charge in [-0.1, -0.05) is 31.2 Å². The summed E-state index contributed by atoms with van der Waals surface area (Å²) in [6.45, 7) is 5.03. The normalized spacial score (nSPS) is 20.4. The molecule has 94 valence electrons. The van der Waals surface area contributed by atoms with Gasteiger partial charge in [0.15, 0.2) is 0 Å². The molecule has 2 N–H and O–H groups in total. The summed E-state index contributed by atoms with van der Waals surface area (Å²) in [6, 6.07) is 7.66. The van der Waals surface area contributed by atoms with Crippen LogP contribution in [0.15, 0.2) is 24.3 Å². The Balaban J connectivity index is 2.21. The van der Waals surface area contributed by atoms with E-state index in [2.05, 4.69) is 11.8 Å². The van der Waals surface area contributed by atoms with Gasteiger partial charge in [0.05, 0.1) is 12.2 Å². The molecule has 0 aromatic heterocycles. The van der Waals surface area contributed by atoms with Crippen LogP contribution in [0.4, 0.5) is 0 Å². The summed E-state index contributed by atoms with van der Waals surface area (Å²) in [6.07, 6.45) is 1.50. The van der Waals surface area contributed by atoms with E-state index in [1.54, 1.807) is 0 Å². The van der Waals surface area contributed by atoms with E-state index in [9.17, 15) is 10.2 Å². The first kappa shape index (κ1) is 12.6. The van der Waals surface area contributed by atoms with E-state index in [1.165, 1.54) is 0 Å². The van der Waals surface area contributed by atoms with Crippen LogP contribution < -0.4 is 0 Å².